The molecule has 1 aromatic carbocycles. The Kier molecular flexibility index (Phi) is 5.75. The highest BCUT2D eigenvalue weighted by atomic mass is 16.5. The van der Waals surface area contributed by atoms with Crippen molar-refractivity contribution in [2.24, 2.45) is 0 Å². The number of hydrogen-bond acceptors (Lipinski definition) is 4. The second kappa shape index (κ2) is 7.78. The molecule has 0 spiro atoms. The van der Waals surface area contributed by atoms with Crippen molar-refractivity contribution in [3.8, 4) is 0 Å². The Balaban J connectivity index is 1.91. The second-order valence-electron chi connectivity index (χ2n) is 5.11. The van der Waals surface area contributed by atoms with Gasteiger partial charge < -0.3 is 14.8 Å². The fourth-order valence-electron chi connectivity index (χ4n) is 2.40. The fraction of sp³-hybridized carbons (Fsp3) is 0.500. The Hall–Kier alpha value is -1.88. The van der Waals surface area contributed by atoms with E-state index in [1.165, 1.54) is 7.11 Å². The van der Waals surface area contributed by atoms with E-state index in [4.69, 9.17) is 9.47 Å². The smallest absolute Gasteiger partial charge is 0.328 e. The van der Waals surface area contributed by atoms with E-state index < -0.39 is 18.1 Å². The van der Waals surface area contributed by atoms with E-state index in [2.05, 4.69) is 5.32 Å². The number of benzene rings is 1. The number of aryl methyl sites for hydroxylation is 1. The van der Waals surface area contributed by atoms with Crippen LogP contribution < -0.4 is 5.32 Å². The number of hydrogen-bond donors (Lipinski definition) is 1. The summed E-state index contributed by atoms with van der Waals surface area (Å²) in [6, 6.07) is 9.21. The lowest BCUT2D eigenvalue weighted by atomic mass is 10.0. The van der Waals surface area contributed by atoms with Crippen molar-refractivity contribution in [1.29, 1.82) is 0 Å². The molecule has 0 radical (unpaired) electrons. The average Bonchev–Trinajstić information content (AvgIpc) is 3.06. The van der Waals surface area contributed by atoms with Crippen molar-refractivity contribution in [2.45, 2.75) is 37.8 Å². The average molecular weight is 291 g/mol. The van der Waals surface area contributed by atoms with Crippen LogP contribution in [0.4, 0.5) is 0 Å². The molecule has 1 fully saturated rings. The van der Waals surface area contributed by atoms with E-state index in [9.17, 15) is 9.59 Å². The number of amides is 1. The molecule has 1 amide bonds. The van der Waals surface area contributed by atoms with Crippen molar-refractivity contribution in [3.63, 3.8) is 0 Å². The van der Waals surface area contributed by atoms with Crippen LogP contribution in [0.2, 0.25) is 0 Å². The minimum absolute atomic E-state index is 0.226. The van der Waals surface area contributed by atoms with E-state index in [0.717, 1.165) is 12.0 Å². The van der Waals surface area contributed by atoms with Crippen molar-refractivity contribution in [1.82, 2.24) is 5.32 Å². The molecule has 5 nitrogen and oxygen atoms in total. The zero-order valence-electron chi connectivity index (χ0n) is 12.2. The van der Waals surface area contributed by atoms with Crippen molar-refractivity contribution in [3.05, 3.63) is 35.9 Å². The zero-order chi connectivity index (χ0) is 15.1. The molecule has 5 heteroatoms. The van der Waals surface area contributed by atoms with E-state index in [0.29, 0.717) is 25.9 Å². The van der Waals surface area contributed by atoms with Crippen LogP contribution in [0.1, 0.15) is 24.8 Å². The van der Waals surface area contributed by atoms with Crippen LogP contribution in [-0.2, 0) is 25.5 Å². The predicted molar refractivity (Wildman–Crippen MR) is 77.7 cm³/mol. The number of carbonyl (C=O) groups excluding carboxylic acids is 2. The number of ether oxygens (including phenoxy) is 2. The van der Waals surface area contributed by atoms with Gasteiger partial charge in [0.1, 0.15) is 12.1 Å². The summed E-state index contributed by atoms with van der Waals surface area (Å²) in [5.74, 6) is -0.645. The third kappa shape index (κ3) is 4.56. The highest BCUT2D eigenvalue weighted by Gasteiger charge is 2.28. The van der Waals surface area contributed by atoms with Crippen LogP contribution >= 0.6 is 0 Å². The Labute approximate surface area is 124 Å². The van der Waals surface area contributed by atoms with Gasteiger partial charge in [-0.05, 0) is 31.2 Å². The highest BCUT2D eigenvalue weighted by Crippen LogP contribution is 2.13. The quantitative estimate of drug-likeness (QED) is 0.806. The SMILES string of the molecule is COC(=O)[C@@H](CCc1ccccc1)NC(=O)[C@@H]1CCCO1. The summed E-state index contributed by atoms with van der Waals surface area (Å²) in [6.45, 7) is 0.602. The summed E-state index contributed by atoms with van der Waals surface area (Å²) >= 11 is 0. The maximum absolute atomic E-state index is 12.0. The van der Waals surface area contributed by atoms with Gasteiger partial charge in [0.05, 0.1) is 7.11 Å². The lowest BCUT2D eigenvalue weighted by molar-refractivity contribution is -0.146. The number of esters is 1. The van der Waals surface area contributed by atoms with Gasteiger partial charge in [-0.15, -0.1) is 0 Å². The second-order valence-corrected chi connectivity index (χ2v) is 5.11. The molecule has 1 heterocycles. The first-order chi connectivity index (χ1) is 10.2. The normalized spacial score (nSPS) is 19.0. The molecular weight excluding hydrogens is 270 g/mol. The fourth-order valence-corrected chi connectivity index (χ4v) is 2.40. The molecule has 1 N–H and O–H groups in total. The summed E-state index contributed by atoms with van der Waals surface area (Å²) in [5, 5.41) is 2.74. The summed E-state index contributed by atoms with van der Waals surface area (Å²) in [5.41, 5.74) is 1.12. The van der Waals surface area contributed by atoms with Crippen LogP contribution in [0.25, 0.3) is 0 Å². The van der Waals surface area contributed by atoms with Crippen LogP contribution in [0.3, 0.4) is 0 Å². The molecule has 0 aliphatic carbocycles. The number of methoxy groups -OCH3 is 1. The minimum Gasteiger partial charge on any atom is -0.467 e. The Bertz CT molecular complexity index is 468. The Morgan fingerprint density at radius 3 is 2.76 bits per heavy atom. The third-order valence-electron chi connectivity index (χ3n) is 3.59. The van der Waals surface area contributed by atoms with Gasteiger partial charge in [-0.1, -0.05) is 30.3 Å². The summed E-state index contributed by atoms with van der Waals surface area (Å²) in [6.07, 6.45) is 2.36. The monoisotopic (exact) mass is 291 g/mol. The van der Waals surface area contributed by atoms with Gasteiger partial charge in [-0.3, -0.25) is 4.79 Å². The third-order valence-corrected chi connectivity index (χ3v) is 3.59. The van der Waals surface area contributed by atoms with E-state index in [-0.39, 0.29) is 5.91 Å². The lowest BCUT2D eigenvalue weighted by Gasteiger charge is -2.18. The zero-order valence-corrected chi connectivity index (χ0v) is 12.2. The molecular formula is C16H21NO4. The summed E-state index contributed by atoms with van der Waals surface area (Å²) in [7, 11) is 1.33. The topological polar surface area (TPSA) is 64.6 Å². The van der Waals surface area contributed by atoms with Crippen molar-refractivity contribution >= 4 is 11.9 Å². The molecule has 0 saturated carbocycles. The number of nitrogens with one attached hydrogen (secondary N) is 1. The molecule has 0 unspecified atom stereocenters. The number of rotatable bonds is 6. The molecule has 1 aliphatic rings. The van der Waals surface area contributed by atoms with Gasteiger partial charge in [0, 0.05) is 6.61 Å². The van der Waals surface area contributed by atoms with Crippen molar-refractivity contribution in [2.75, 3.05) is 13.7 Å². The molecule has 2 atom stereocenters. The van der Waals surface area contributed by atoms with E-state index in [1.807, 2.05) is 30.3 Å². The largest absolute Gasteiger partial charge is 0.467 e. The van der Waals surface area contributed by atoms with Crippen LogP contribution in [-0.4, -0.2) is 37.7 Å². The maximum Gasteiger partial charge on any atom is 0.328 e. The van der Waals surface area contributed by atoms with Crippen molar-refractivity contribution < 1.29 is 19.1 Å². The summed E-state index contributed by atoms with van der Waals surface area (Å²) in [4.78, 5) is 23.8. The lowest BCUT2D eigenvalue weighted by Crippen LogP contribution is -2.46. The Morgan fingerprint density at radius 2 is 2.14 bits per heavy atom. The molecule has 1 saturated heterocycles. The molecule has 2 rings (SSSR count). The maximum atomic E-state index is 12.0. The van der Waals surface area contributed by atoms with E-state index >= 15 is 0 Å². The first kappa shape index (κ1) is 15.5. The van der Waals surface area contributed by atoms with Gasteiger partial charge in [0.2, 0.25) is 5.91 Å². The van der Waals surface area contributed by atoms with Gasteiger partial charge in [-0.25, -0.2) is 4.79 Å². The Morgan fingerprint density at radius 1 is 1.38 bits per heavy atom. The van der Waals surface area contributed by atoms with Gasteiger partial charge >= 0.3 is 5.97 Å². The minimum atomic E-state index is -0.632. The highest BCUT2D eigenvalue weighted by molar-refractivity contribution is 5.87. The molecule has 1 aliphatic heterocycles. The van der Waals surface area contributed by atoms with Gasteiger partial charge in [-0.2, -0.15) is 0 Å². The molecule has 1 aromatic rings. The van der Waals surface area contributed by atoms with Gasteiger partial charge in [0.25, 0.3) is 0 Å². The first-order valence-corrected chi connectivity index (χ1v) is 7.24. The molecule has 0 bridgehead atoms. The first-order valence-electron chi connectivity index (χ1n) is 7.24. The van der Waals surface area contributed by atoms with E-state index in [1.54, 1.807) is 0 Å². The number of carbonyl (C=O) groups is 2. The van der Waals surface area contributed by atoms with Crippen LogP contribution in [0.5, 0.6) is 0 Å². The van der Waals surface area contributed by atoms with Crippen LogP contribution in [0.15, 0.2) is 30.3 Å². The molecule has 114 valence electrons. The molecule has 21 heavy (non-hydrogen) atoms. The molecule has 0 aromatic heterocycles. The van der Waals surface area contributed by atoms with Gasteiger partial charge in [0.15, 0.2) is 0 Å². The predicted octanol–water partition coefficient (Wildman–Crippen LogP) is 1.46. The van der Waals surface area contributed by atoms with Crippen LogP contribution in [0, 0.1) is 0 Å². The standard InChI is InChI=1S/C16H21NO4/c1-20-16(19)13(10-9-12-6-3-2-4-7-12)17-15(18)14-8-5-11-21-14/h2-4,6-7,13-14H,5,8-11H2,1H3,(H,17,18)/t13-,14+/m1/s1. The summed E-state index contributed by atoms with van der Waals surface area (Å²) < 4.78 is 10.1.